The van der Waals surface area contributed by atoms with E-state index in [2.05, 4.69) is 0 Å². The SMILES string of the molecule is CCC(C[C@](C)(C(=O)O)S(C)(=O)=O)n1cc(F)c(-c2ccccc2)cc1=O. The predicted molar refractivity (Wildman–Crippen MR) is 101 cm³/mol. The van der Waals surface area contributed by atoms with E-state index in [9.17, 15) is 27.5 Å². The van der Waals surface area contributed by atoms with Gasteiger partial charge in [0, 0.05) is 30.1 Å². The minimum absolute atomic E-state index is 0.135. The molecule has 1 aromatic carbocycles. The van der Waals surface area contributed by atoms with Gasteiger partial charge in [-0.25, -0.2) is 12.8 Å². The molecule has 0 aliphatic rings. The van der Waals surface area contributed by atoms with Crippen molar-refractivity contribution in [3.8, 4) is 11.1 Å². The second kappa shape index (κ2) is 7.64. The number of nitrogens with zero attached hydrogens (tertiary/aromatic N) is 1. The first-order valence-electron chi connectivity index (χ1n) is 8.41. The highest BCUT2D eigenvalue weighted by molar-refractivity contribution is 7.92. The van der Waals surface area contributed by atoms with Gasteiger partial charge in [-0.2, -0.15) is 0 Å². The maximum atomic E-state index is 14.6. The highest BCUT2D eigenvalue weighted by Gasteiger charge is 2.45. The molecule has 1 heterocycles. The summed E-state index contributed by atoms with van der Waals surface area (Å²) in [6.07, 6.45) is 1.78. The van der Waals surface area contributed by atoms with E-state index < -0.39 is 38.0 Å². The van der Waals surface area contributed by atoms with Crippen LogP contribution in [0.3, 0.4) is 0 Å². The van der Waals surface area contributed by atoms with Crippen LogP contribution < -0.4 is 5.56 Å². The average molecular weight is 395 g/mol. The molecule has 2 rings (SSSR count). The van der Waals surface area contributed by atoms with Gasteiger partial charge in [0.15, 0.2) is 14.6 Å². The molecule has 0 aliphatic heterocycles. The molecule has 0 saturated heterocycles. The summed E-state index contributed by atoms with van der Waals surface area (Å²) >= 11 is 0. The summed E-state index contributed by atoms with van der Waals surface area (Å²) in [5.74, 6) is -2.14. The standard InChI is InChI=1S/C19H22FNO5S/c1-4-14(11-19(2,18(23)24)27(3,25)26)21-12-16(20)15(10-17(21)22)13-8-6-5-7-9-13/h5-10,12,14H,4,11H2,1-3H3,(H,23,24)/t14?,19-/m1/s1. The molecule has 146 valence electrons. The van der Waals surface area contributed by atoms with Crippen LogP contribution in [-0.2, 0) is 14.6 Å². The summed E-state index contributed by atoms with van der Waals surface area (Å²) in [5, 5.41) is 9.44. The molecule has 1 unspecified atom stereocenters. The van der Waals surface area contributed by atoms with Gasteiger partial charge >= 0.3 is 5.97 Å². The number of halogens is 1. The monoisotopic (exact) mass is 395 g/mol. The van der Waals surface area contributed by atoms with Crippen molar-refractivity contribution < 1.29 is 22.7 Å². The highest BCUT2D eigenvalue weighted by atomic mass is 32.2. The number of hydrogen-bond acceptors (Lipinski definition) is 4. The van der Waals surface area contributed by atoms with Gasteiger partial charge in [0.25, 0.3) is 5.56 Å². The smallest absolute Gasteiger partial charge is 0.324 e. The lowest BCUT2D eigenvalue weighted by molar-refractivity contribution is -0.140. The van der Waals surface area contributed by atoms with E-state index in [0.29, 0.717) is 5.56 Å². The summed E-state index contributed by atoms with van der Waals surface area (Å²) in [5.41, 5.74) is 0.151. The van der Waals surface area contributed by atoms with Crippen molar-refractivity contribution in [1.29, 1.82) is 0 Å². The van der Waals surface area contributed by atoms with Crippen LogP contribution in [0.25, 0.3) is 11.1 Å². The van der Waals surface area contributed by atoms with Crippen LogP contribution in [0.1, 0.15) is 32.7 Å². The lowest BCUT2D eigenvalue weighted by atomic mass is 9.98. The molecule has 8 heteroatoms. The summed E-state index contributed by atoms with van der Waals surface area (Å²) in [4.78, 5) is 24.2. The van der Waals surface area contributed by atoms with Crippen LogP contribution in [0, 0.1) is 5.82 Å². The maximum absolute atomic E-state index is 14.6. The molecule has 2 atom stereocenters. The Bertz CT molecular complexity index is 1000. The molecule has 0 bridgehead atoms. The second-order valence-corrected chi connectivity index (χ2v) is 9.17. The average Bonchev–Trinajstić information content (AvgIpc) is 2.60. The lowest BCUT2D eigenvalue weighted by Gasteiger charge is -2.28. The van der Waals surface area contributed by atoms with E-state index in [4.69, 9.17) is 0 Å². The third-order valence-electron chi connectivity index (χ3n) is 4.88. The van der Waals surface area contributed by atoms with Gasteiger partial charge in [0.2, 0.25) is 0 Å². The van der Waals surface area contributed by atoms with Gasteiger partial charge in [-0.3, -0.25) is 9.59 Å². The summed E-state index contributed by atoms with van der Waals surface area (Å²) in [7, 11) is -3.96. The number of carboxylic acids is 1. The van der Waals surface area contributed by atoms with Gasteiger partial charge in [-0.05, 0) is 25.3 Å². The number of aromatic nitrogens is 1. The molecule has 0 aliphatic carbocycles. The molecule has 0 amide bonds. The molecule has 1 N–H and O–H groups in total. The Balaban J connectivity index is 2.51. The summed E-state index contributed by atoms with van der Waals surface area (Å²) in [6, 6.07) is 8.92. The number of pyridine rings is 1. The molecule has 0 radical (unpaired) electrons. The van der Waals surface area contributed by atoms with Crippen molar-refractivity contribution in [1.82, 2.24) is 4.57 Å². The Morgan fingerprint density at radius 3 is 2.37 bits per heavy atom. The largest absolute Gasteiger partial charge is 0.480 e. The Morgan fingerprint density at radius 1 is 1.30 bits per heavy atom. The minimum Gasteiger partial charge on any atom is -0.480 e. The number of benzene rings is 1. The van der Waals surface area contributed by atoms with Crippen LogP contribution in [0.5, 0.6) is 0 Å². The second-order valence-electron chi connectivity index (χ2n) is 6.72. The van der Waals surface area contributed by atoms with Crippen molar-refractivity contribution in [3.05, 3.63) is 58.8 Å². The van der Waals surface area contributed by atoms with Crippen LogP contribution in [0.15, 0.2) is 47.4 Å². The van der Waals surface area contributed by atoms with E-state index in [1.54, 1.807) is 37.3 Å². The van der Waals surface area contributed by atoms with Crippen molar-refractivity contribution in [2.75, 3.05) is 6.26 Å². The molecule has 27 heavy (non-hydrogen) atoms. The fraction of sp³-hybridized carbons (Fsp3) is 0.368. The third-order valence-corrected chi connectivity index (χ3v) is 6.86. The van der Waals surface area contributed by atoms with E-state index in [-0.39, 0.29) is 18.4 Å². The van der Waals surface area contributed by atoms with Gasteiger partial charge in [-0.1, -0.05) is 37.3 Å². The zero-order valence-electron chi connectivity index (χ0n) is 15.3. The molecular weight excluding hydrogens is 373 g/mol. The van der Waals surface area contributed by atoms with E-state index in [1.807, 2.05) is 0 Å². The van der Waals surface area contributed by atoms with Crippen molar-refractivity contribution in [2.45, 2.75) is 37.5 Å². The number of rotatable bonds is 7. The first kappa shape index (κ1) is 20.8. The Morgan fingerprint density at radius 2 is 1.89 bits per heavy atom. The topological polar surface area (TPSA) is 93.4 Å². The normalized spacial score (nSPS) is 15.1. The fourth-order valence-electron chi connectivity index (χ4n) is 2.93. The number of carbonyl (C=O) groups is 1. The van der Waals surface area contributed by atoms with Gasteiger partial charge in [-0.15, -0.1) is 0 Å². The van der Waals surface area contributed by atoms with Gasteiger partial charge < -0.3 is 9.67 Å². The van der Waals surface area contributed by atoms with Gasteiger partial charge in [0.05, 0.1) is 0 Å². The number of carboxylic acid groups (broad SMARTS) is 1. The molecule has 2 aromatic rings. The lowest BCUT2D eigenvalue weighted by Crippen LogP contribution is -2.45. The van der Waals surface area contributed by atoms with Gasteiger partial charge in [0.1, 0.15) is 5.82 Å². The van der Waals surface area contributed by atoms with Crippen molar-refractivity contribution in [3.63, 3.8) is 0 Å². The molecular formula is C19H22FNO5S. The molecule has 6 nitrogen and oxygen atoms in total. The van der Waals surface area contributed by atoms with E-state index >= 15 is 0 Å². The zero-order chi connectivity index (χ0) is 20.4. The van der Waals surface area contributed by atoms with Crippen molar-refractivity contribution in [2.24, 2.45) is 0 Å². The Hall–Kier alpha value is -2.48. The molecule has 0 saturated carbocycles. The number of hydrogen-bond donors (Lipinski definition) is 1. The quantitative estimate of drug-likeness (QED) is 0.778. The minimum atomic E-state index is -3.96. The summed E-state index contributed by atoms with van der Waals surface area (Å²) < 4.78 is 37.7. The first-order valence-corrected chi connectivity index (χ1v) is 10.3. The fourth-order valence-corrected chi connectivity index (χ4v) is 3.75. The highest BCUT2D eigenvalue weighted by Crippen LogP contribution is 2.30. The van der Waals surface area contributed by atoms with Crippen LogP contribution >= 0.6 is 0 Å². The van der Waals surface area contributed by atoms with E-state index in [1.165, 1.54) is 0 Å². The summed E-state index contributed by atoms with van der Waals surface area (Å²) in [6.45, 7) is 2.79. The number of sulfone groups is 1. The molecule has 0 fully saturated rings. The maximum Gasteiger partial charge on any atom is 0.324 e. The zero-order valence-corrected chi connectivity index (χ0v) is 16.2. The Labute approximate surface area is 157 Å². The molecule has 1 aromatic heterocycles. The molecule has 0 spiro atoms. The van der Waals surface area contributed by atoms with Crippen molar-refractivity contribution >= 4 is 15.8 Å². The van der Waals surface area contributed by atoms with Crippen LogP contribution in [-0.4, -0.2) is 35.1 Å². The van der Waals surface area contributed by atoms with E-state index in [0.717, 1.165) is 30.0 Å². The number of aliphatic carboxylic acids is 1. The third kappa shape index (κ3) is 4.10. The van der Waals surface area contributed by atoms with Crippen LogP contribution in [0.4, 0.5) is 4.39 Å². The van der Waals surface area contributed by atoms with Crippen LogP contribution in [0.2, 0.25) is 0 Å². The Kier molecular flexibility index (Phi) is 5.89. The first-order chi connectivity index (χ1) is 12.5. The predicted octanol–water partition coefficient (Wildman–Crippen LogP) is 2.88.